The highest BCUT2D eigenvalue weighted by Gasteiger charge is 2.37. The number of rotatable bonds is 1. The molecular weight excluding hydrogens is 142 g/mol. The standard InChI is InChI=1S/C6H10F2O2/c1-6(5(7)8)2-9-4-10-3-6/h5H,2-4H2,1H3. The molecule has 0 spiro atoms. The average Bonchev–Trinajstić information content (AvgIpc) is 1.89. The summed E-state index contributed by atoms with van der Waals surface area (Å²) in [5, 5.41) is 0. The van der Waals surface area contributed by atoms with Crippen molar-refractivity contribution in [2.24, 2.45) is 5.41 Å². The maximum absolute atomic E-state index is 12.1. The smallest absolute Gasteiger partial charge is 0.248 e. The van der Waals surface area contributed by atoms with Crippen LogP contribution in [0.15, 0.2) is 0 Å². The van der Waals surface area contributed by atoms with Crippen molar-refractivity contribution in [1.29, 1.82) is 0 Å². The van der Waals surface area contributed by atoms with Gasteiger partial charge in [0.25, 0.3) is 0 Å². The van der Waals surface area contributed by atoms with Gasteiger partial charge >= 0.3 is 0 Å². The van der Waals surface area contributed by atoms with Crippen LogP contribution in [0.1, 0.15) is 6.92 Å². The van der Waals surface area contributed by atoms with Gasteiger partial charge in [0.1, 0.15) is 6.79 Å². The van der Waals surface area contributed by atoms with Crippen molar-refractivity contribution < 1.29 is 18.3 Å². The Bertz CT molecular complexity index is 110. The van der Waals surface area contributed by atoms with Gasteiger partial charge in [-0.3, -0.25) is 0 Å². The van der Waals surface area contributed by atoms with Gasteiger partial charge in [0.15, 0.2) is 0 Å². The van der Waals surface area contributed by atoms with Crippen molar-refractivity contribution in [1.82, 2.24) is 0 Å². The third-order valence-electron chi connectivity index (χ3n) is 1.56. The van der Waals surface area contributed by atoms with Crippen molar-refractivity contribution >= 4 is 0 Å². The third kappa shape index (κ3) is 1.44. The number of hydrogen-bond donors (Lipinski definition) is 0. The number of hydrogen-bond acceptors (Lipinski definition) is 2. The Morgan fingerprint density at radius 1 is 1.30 bits per heavy atom. The molecule has 0 unspecified atom stereocenters. The fraction of sp³-hybridized carbons (Fsp3) is 1.00. The lowest BCUT2D eigenvalue weighted by Gasteiger charge is -2.31. The van der Waals surface area contributed by atoms with Gasteiger partial charge in [0.2, 0.25) is 6.43 Å². The van der Waals surface area contributed by atoms with Gasteiger partial charge in [-0.25, -0.2) is 8.78 Å². The van der Waals surface area contributed by atoms with Gasteiger partial charge in [-0.2, -0.15) is 0 Å². The first kappa shape index (κ1) is 7.88. The first-order chi connectivity index (χ1) is 4.65. The van der Waals surface area contributed by atoms with E-state index in [1.165, 1.54) is 6.92 Å². The van der Waals surface area contributed by atoms with Crippen LogP contribution in [0.25, 0.3) is 0 Å². The highest BCUT2D eigenvalue weighted by atomic mass is 19.3. The minimum atomic E-state index is -2.37. The predicted molar refractivity (Wildman–Crippen MR) is 30.9 cm³/mol. The molecule has 0 aliphatic carbocycles. The first-order valence-electron chi connectivity index (χ1n) is 3.09. The van der Waals surface area contributed by atoms with E-state index in [4.69, 9.17) is 9.47 Å². The fourth-order valence-corrected chi connectivity index (χ4v) is 0.776. The molecule has 0 aromatic heterocycles. The van der Waals surface area contributed by atoms with E-state index in [2.05, 4.69) is 0 Å². The molecule has 0 aromatic rings. The summed E-state index contributed by atoms with van der Waals surface area (Å²) in [5.74, 6) is 0. The molecular formula is C6H10F2O2. The molecule has 1 rings (SSSR count). The van der Waals surface area contributed by atoms with E-state index in [9.17, 15) is 8.78 Å². The quantitative estimate of drug-likeness (QED) is 0.563. The van der Waals surface area contributed by atoms with E-state index < -0.39 is 11.8 Å². The van der Waals surface area contributed by atoms with Crippen LogP contribution in [-0.2, 0) is 9.47 Å². The van der Waals surface area contributed by atoms with Crippen molar-refractivity contribution in [3.05, 3.63) is 0 Å². The summed E-state index contributed by atoms with van der Waals surface area (Å²) in [4.78, 5) is 0. The van der Waals surface area contributed by atoms with Gasteiger partial charge in [0.05, 0.1) is 18.6 Å². The first-order valence-corrected chi connectivity index (χ1v) is 3.09. The summed E-state index contributed by atoms with van der Waals surface area (Å²) >= 11 is 0. The van der Waals surface area contributed by atoms with Gasteiger partial charge in [-0.1, -0.05) is 0 Å². The van der Waals surface area contributed by atoms with Crippen molar-refractivity contribution in [3.63, 3.8) is 0 Å². The molecule has 10 heavy (non-hydrogen) atoms. The summed E-state index contributed by atoms with van der Waals surface area (Å²) in [6.45, 7) is 1.77. The molecule has 1 aliphatic heterocycles. The molecule has 0 saturated carbocycles. The minimum Gasteiger partial charge on any atom is -0.355 e. The second-order valence-corrected chi connectivity index (χ2v) is 2.77. The molecule has 0 aromatic carbocycles. The SMILES string of the molecule is CC1(C(F)F)COCOC1. The van der Waals surface area contributed by atoms with Crippen LogP contribution < -0.4 is 0 Å². The summed E-state index contributed by atoms with van der Waals surface area (Å²) in [6, 6.07) is 0. The topological polar surface area (TPSA) is 18.5 Å². The molecule has 1 aliphatic rings. The highest BCUT2D eigenvalue weighted by Crippen LogP contribution is 2.28. The molecule has 1 fully saturated rings. The molecule has 60 valence electrons. The molecule has 0 atom stereocenters. The maximum Gasteiger partial charge on any atom is 0.248 e. The lowest BCUT2D eigenvalue weighted by atomic mass is 9.93. The van der Waals surface area contributed by atoms with Gasteiger partial charge in [-0.15, -0.1) is 0 Å². The second kappa shape index (κ2) is 2.80. The normalized spacial score (nSPS) is 25.2. The Hall–Kier alpha value is -0.220. The van der Waals surface area contributed by atoms with E-state index in [0.29, 0.717) is 0 Å². The Labute approximate surface area is 58.1 Å². The van der Waals surface area contributed by atoms with Gasteiger partial charge in [0, 0.05) is 0 Å². The molecule has 2 nitrogen and oxygen atoms in total. The Morgan fingerprint density at radius 3 is 2.10 bits per heavy atom. The number of alkyl halides is 2. The molecule has 0 amide bonds. The lowest BCUT2D eigenvalue weighted by molar-refractivity contribution is -0.196. The molecule has 0 N–H and O–H groups in total. The van der Waals surface area contributed by atoms with E-state index in [0.717, 1.165) is 0 Å². The van der Waals surface area contributed by atoms with E-state index in [-0.39, 0.29) is 20.0 Å². The molecule has 1 saturated heterocycles. The predicted octanol–water partition coefficient (Wildman–Crippen LogP) is 1.26. The van der Waals surface area contributed by atoms with E-state index in [1.807, 2.05) is 0 Å². The van der Waals surface area contributed by atoms with E-state index >= 15 is 0 Å². The summed E-state index contributed by atoms with van der Waals surface area (Å²) in [7, 11) is 0. The molecule has 4 heteroatoms. The number of halogens is 2. The van der Waals surface area contributed by atoms with E-state index in [1.54, 1.807) is 0 Å². The fourth-order valence-electron chi connectivity index (χ4n) is 0.776. The maximum atomic E-state index is 12.1. The zero-order valence-electron chi connectivity index (χ0n) is 5.77. The Kier molecular flexibility index (Phi) is 2.21. The summed E-state index contributed by atoms with van der Waals surface area (Å²) < 4.78 is 33.8. The Balaban J connectivity index is 2.48. The zero-order valence-corrected chi connectivity index (χ0v) is 5.77. The van der Waals surface area contributed by atoms with Crippen molar-refractivity contribution in [2.75, 3.05) is 20.0 Å². The van der Waals surface area contributed by atoms with Crippen LogP contribution in [-0.4, -0.2) is 26.4 Å². The minimum absolute atomic E-state index is 0.0880. The zero-order chi connectivity index (χ0) is 7.61. The van der Waals surface area contributed by atoms with Gasteiger partial charge in [-0.05, 0) is 6.92 Å². The average molecular weight is 152 g/mol. The molecule has 0 bridgehead atoms. The largest absolute Gasteiger partial charge is 0.355 e. The summed E-state index contributed by atoms with van der Waals surface area (Å²) in [5.41, 5.74) is -1.10. The van der Waals surface area contributed by atoms with Crippen LogP contribution in [0.5, 0.6) is 0 Å². The monoisotopic (exact) mass is 152 g/mol. The summed E-state index contributed by atoms with van der Waals surface area (Å²) in [6.07, 6.45) is -2.37. The van der Waals surface area contributed by atoms with Crippen LogP contribution in [0.4, 0.5) is 8.78 Å². The third-order valence-corrected chi connectivity index (χ3v) is 1.56. The van der Waals surface area contributed by atoms with Crippen LogP contribution in [0.2, 0.25) is 0 Å². The lowest BCUT2D eigenvalue weighted by Crippen LogP contribution is -2.40. The van der Waals surface area contributed by atoms with Crippen molar-refractivity contribution in [3.8, 4) is 0 Å². The molecule has 1 heterocycles. The highest BCUT2D eigenvalue weighted by molar-refractivity contribution is 4.77. The van der Waals surface area contributed by atoms with Gasteiger partial charge < -0.3 is 9.47 Å². The van der Waals surface area contributed by atoms with Crippen LogP contribution in [0, 0.1) is 5.41 Å². The van der Waals surface area contributed by atoms with Crippen molar-refractivity contribution in [2.45, 2.75) is 13.3 Å². The second-order valence-electron chi connectivity index (χ2n) is 2.77. The Morgan fingerprint density at radius 2 is 1.80 bits per heavy atom. The number of ether oxygens (including phenoxy) is 2. The van der Waals surface area contributed by atoms with Crippen LogP contribution in [0.3, 0.4) is 0 Å². The van der Waals surface area contributed by atoms with Crippen LogP contribution >= 0.6 is 0 Å². The molecule has 0 radical (unpaired) electrons.